The van der Waals surface area contributed by atoms with Crippen molar-refractivity contribution in [2.45, 2.75) is 180 Å². The molecule has 15 atom stereocenters. The van der Waals surface area contributed by atoms with Crippen LogP contribution in [0.3, 0.4) is 0 Å². The lowest BCUT2D eigenvalue weighted by Gasteiger charge is -2.42. The molecule has 384 valence electrons. The fourth-order valence-electron chi connectivity index (χ4n) is 10.5. The summed E-state index contributed by atoms with van der Waals surface area (Å²) in [5, 5.41) is 32.8. The van der Waals surface area contributed by atoms with Crippen LogP contribution in [0.25, 0.3) is 0 Å². The number of ether oxygens (including phenoxy) is 6. The van der Waals surface area contributed by atoms with E-state index in [1.807, 2.05) is 58.1 Å². The molecule has 4 aliphatic rings. The van der Waals surface area contributed by atoms with Crippen molar-refractivity contribution in [1.82, 2.24) is 4.90 Å². The van der Waals surface area contributed by atoms with Crippen LogP contribution >= 0.6 is 0 Å². The number of esters is 1. The molecule has 1 aliphatic carbocycles. The van der Waals surface area contributed by atoms with E-state index in [1.165, 1.54) is 12.0 Å². The van der Waals surface area contributed by atoms with Crippen LogP contribution in [0.1, 0.15) is 126 Å². The highest BCUT2D eigenvalue weighted by molar-refractivity contribution is 6.39. The molecule has 4 rings (SSSR count). The molecule has 3 N–H and O–H groups in total. The van der Waals surface area contributed by atoms with E-state index in [0.717, 1.165) is 12.0 Å². The summed E-state index contributed by atoms with van der Waals surface area (Å²) in [4.78, 5) is 72.1. The maximum absolute atomic E-state index is 14.5. The number of hydrogen-bond acceptors (Lipinski definition) is 14. The van der Waals surface area contributed by atoms with Crippen LogP contribution in [0.15, 0.2) is 47.6 Å². The number of carbonyl (C=O) groups excluding carboxylic acids is 5. The van der Waals surface area contributed by atoms with Gasteiger partial charge in [0.05, 0.1) is 37.6 Å². The summed E-state index contributed by atoms with van der Waals surface area (Å²) in [6.07, 6.45) is 12.0. The molecule has 2 bridgehead atoms. The van der Waals surface area contributed by atoms with Crippen molar-refractivity contribution in [3.63, 3.8) is 0 Å². The summed E-state index contributed by atoms with van der Waals surface area (Å²) < 4.78 is 35.6. The normalized spacial score (nSPS) is 39.2. The van der Waals surface area contributed by atoms with E-state index in [1.54, 1.807) is 41.1 Å². The van der Waals surface area contributed by atoms with Gasteiger partial charge in [-0.2, -0.15) is 0 Å². The molecule has 2 saturated heterocycles. The predicted molar refractivity (Wildman–Crippen MR) is 256 cm³/mol. The van der Waals surface area contributed by atoms with E-state index in [-0.39, 0.29) is 74.1 Å². The molecule has 0 aromatic carbocycles. The summed E-state index contributed by atoms with van der Waals surface area (Å²) in [5.74, 6) is -7.96. The number of Topliss-reactive ketones (excluding diaryl/α,β-unsaturated/α-hetero) is 3. The van der Waals surface area contributed by atoms with Crippen molar-refractivity contribution in [3.05, 3.63) is 47.6 Å². The number of piperidine rings is 1. The van der Waals surface area contributed by atoms with Gasteiger partial charge in [-0.1, -0.05) is 71.1 Å². The topological polar surface area (TPSA) is 205 Å². The van der Waals surface area contributed by atoms with Gasteiger partial charge in [-0.15, -0.1) is 0 Å². The van der Waals surface area contributed by atoms with Gasteiger partial charge in [-0.25, -0.2) is 4.79 Å². The number of nitrogens with zero attached hydrogens (tertiary/aromatic N) is 1. The van der Waals surface area contributed by atoms with Gasteiger partial charge < -0.3 is 48.6 Å². The first-order chi connectivity index (χ1) is 32.3. The third-order valence-electron chi connectivity index (χ3n) is 14.9. The van der Waals surface area contributed by atoms with Gasteiger partial charge >= 0.3 is 5.97 Å². The summed E-state index contributed by atoms with van der Waals surface area (Å²) in [7, 11) is 4.58. The Morgan fingerprint density at radius 1 is 0.853 bits per heavy atom. The molecule has 3 aliphatic heterocycles. The molecule has 1 amide bonds. The number of amides is 1. The maximum Gasteiger partial charge on any atom is 0.329 e. The molecule has 3 fully saturated rings. The molecule has 1 saturated carbocycles. The van der Waals surface area contributed by atoms with E-state index in [4.69, 9.17) is 28.4 Å². The Kier molecular flexibility index (Phi) is 22.9. The second-order valence-corrected chi connectivity index (χ2v) is 20.2. The third kappa shape index (κ3) is 15.3. The number of aliphatic hydroxyl groups is 3. The van der Waals surface area contributed by atoms with Crippen LogP contribution in [0, 0.1) is 35.5 Å². The van der Waals surface area contributed by atoms with Gasteiger partial charge in [-0.3, -0.25) is 19.2 Å². The summed E-state index contributed by atoms with van der Waals surface area (Å²) >= 11 is 0. The Morgan fingerprint density at radius 2 is 1.59 bits per heavy atom. The Balaban J connectivity index is 1.70. The van der Waals surface area contributed by atoms with Crippen LogP contribution in [-0.2, 0) is 52.4 Å². The quantitative estimate of drug-likeness (QED) is 0.134. The molecule has 15 nitrogen and oxygen atoms in total. The molecular weight excluding hydrogens is 875 g/mol. The van der Waals surface area contributed by atoms with Crippen molar-refractivity contribution >= 4 is 29.2 Å². The summed E-state index contributed by atoms with van der Waals surface area (Å²) in [6.45, 7) is 12.9. The Morgan fingerprint density at radius 3 is 2.26 bits per heavy atom. The van der Waals surface area contributed by atoms with E-state index >= 15 is 0 Å². The number of methoxy groups -OCH3 is 3. The van der Waals surface area contributed by atoms with Gasteiger partial charge in [0.2, 0.25) is 5.79 Å². The lowest BCUT2D eigenvalue weighted by atomic mass is 9.78. The zero-order chi connectivity index (χ0) is 50.3. The van der Waals surface area contributed by atoms with E-state index in [0.29, 0.717) is 63.4 Å². The van der Waals surface area contributed by atoms with E-state index in [2.05, 4.69) is 0 Å². The number of aliphatic hydroxyl groups excluding tert-OH is 2. The second-order valence-electron chi connectivity index (χ2n) is 20.2. The molecular formula is C53H83NO14. The van der Waals surface area contributed by atoms with Crippen molar-refractivity contribution < 1.29 is 67.7 Å². The van der Waals surface area contributed by atoms with Crippen molar-refractivity contribution in [1.29, 1.82) is 0 Å². The number of ketones is 3. The first-order valence-electron chi connectivity index (χ1n) is 25.0. The van der Waals surface area contributed by atoms with Crippen LogP contribution in [0.2, 0.25) is 0 Å². The minimum atomic E-state index is -2.43. The Labute approximate surface area is 405 Å². The van der Waals surface area contributed by atoms with Gasteiger partial charge in [0, 0.05) is 58.5 Å². The minimum absolute atomic E-state index is 0.0158. The number of rotatable bonds is 9. The van der Waals surface area contributed by atoms with Crippen LogP contribution in [0.5, 0.6) is 0 Å². The number of hydrogen-bond donors (Lipinski definition) is 3. The highest BCUT2D eigenvalue weighted by Gasteiger charge is 2.53. The van der Waals surface area contributed by atoms with E-state index in [9.17, 15) is 39.3 Å². The first kappa shape index (κ1) is 57.2. The second kappa shape index (κ2) is 27.3. The number of fused-ring (bicyclic) bond motifs is 3. The van der Waals surface area contributed by atoms with Crippen LogP contribution in [0.4, 0.5) is 0 Å². The highest BCUT2D eigenvalue weighted by Crippen LogP contribution is 2.38. The van der Waals surface area contributed by atoms with Crippen molar-refractivity contribution in [2.24, 2.45) is 35.5 Å². The third-order valence-corrected chi connectivity index (χ3v) is 14.9. The van der Waals surface area contributed by atoms with Gasteiger partial charge in [-0.05, 0) is 107 Å². The average molecular weight is 958 g/mol. The summed E-state index contributed by atoms with van der Waals surface area (Å²) in [5.41, 5.74) is 1.26. The average Bonchev–Trinajstić information content (AvgIpc) is 3.32. The monoisotopic (exact) mass is 958 g/mol. The molecule has 0 spiro atoms. The van der Waals surface area contributed by atoms with Gasteiger partial charge in [0.15, 0.2) is 5.78 Å². The fraction of sp³-hybridized carbons (Fsp3) is 0.755. The van der Waals surface area contributed by atoms with E-state index < -0.39 is 77.8 Å². The molecule has 15 heteroatoms. The molecule has 0 aromatic heterocycles. The van der Waals surface area contributed by atoms with Crippen LogP contribution in [-0.4, -0.2) is 145 Å². The van der Waals surface area contributed by atoms with Crippen molar-refractivity contribution in [3.8, 4) is 0 Å². The highest BCUT2D eigenvalue weighted by atomic mass is 16.6. The number of carbonyl (C=O) groups is 5. The first-order valence-corrected chi connectivity index (χ1v) is 25.0. The number of cyclic esters (lactones) is 1. The zero-order valence-electron chi connectivity index (χ0n) is 42.4. The fourth-order valence-corrected chi connectivity index (χ4v) is 10.5. The smallest absolute Gasteiger partial charge is 0.329 e. The van der Waals surface area contributed by atoms with Gasteiger partial charge in [0.1, 0.15) is 30.1 Å². The molecule has 0 aromatic rings. The lowest BCUT2D eigenvalue weighted by molar-refractivity contribution is -0.265. The largest absolute Gasteiger partial charge is 0.460 e. The Hall–Kier alpha value is -3.41. The summed E-state index contributed by atoms with van der Waals surface area (Å²) in [6, 6.07) is -1.14. The molecule has 68 heavy (non-hydrogen) atoms. The number of allylic oxidation sites excluding steroid dienone is 6. The molecule has 0 radical (unpaired) electrons. The SMILES string of the molecule is CO[C@H]1C[C@@H]2CC[C@@H](C)[C@@](O)(O2)C(=O)C(=O)N2CCCC[C@H]2C(=O)O[C@H]([C@H](C)C[C@@H]2CC[C@@H](OCCO)[C@H](OC)C2)CC(=O)[C@H](C)/C=C(\C)[C@@H](O)[C@@H](OC)C(=O)[C@H](C)CC(C)/C=C/C=C/C=C/1C. The van der Waals surface area contributed by atoms with Crippen LogP contribution < -0.4 is 0 Å². The molecule has 1 unspecified atom stereocenters. The maximum atomic E-state index is 14.5. The standard InChI is InChI=1S/C53H83NO14/c1-32-16-12-11-13-17-33(2)44(63-8)30-40-21-19-38(7)53(62,68-40)50(59)51(60)54-23-15-14-18-41(54)52(61)67-45(35(4)28-39-20-22-43(66-25-24-55)46(29-39)64-9)31-42(56)34(3)27-37(6)48(58)49(65-10)47(57)36(5)26-32/h11-13,16-17,27,32,34-36,38-41,43-46,48-49,55,58,62H,14-15,18-26,28-31H2,1-10H3/b13-11+,16-12+,33-17+,37-27+/t32?,34-,35-,36-,38-,39+,40+,41+,43-,44+,45+,46-,48-,49+,53-/m1/s1. The Bertz CT molecular complexity index is 1810. The minimum Gasteiger partial charge on any atom is -0.460 e. The predicted octanol–water partition coefficient (Wildman–Crippen LogP) is 6.20. The zero-order valence-corrected chi connectivity index (χ0v) is 42.4. The van der Waals surface area contributed by atoms with Crippen molar-refractivity contribution in [2.75, 3.05) is 41.1 Å². The lowest BCUT2D eigenvalue weighted by Crippen LogP contribution is -2.61. The molecule has 3 heterocycles. The van der Waals surface area contributed by atoms with Gasteiger partial charge in [0.25, 0.3) is 11.7 Å².